The Hall–Kier alpha value is -1.33. The molecule has 0 amide bonds. The fourth-order valence-corrected chi connectivity index (χ4v) is 2.58. The smallest absolute Gasteiger partial charge is 0.183 e. The topological polar surface area (TPSA) is 43.4 Å². The third-order valence-corrected chi connectivity index (χ3v) is 3.56. The molecule has 5 heteroatoms. The first-order chi connectivity index (χ1) is 8.72. The number of rotatable bonds is 6. The number of nitrogens with zero attached hydrogens (tertiary/aromatic N) is 1. The molecule has 0 bridgehead atoms. The molecule has 1 N–H and O–H groups in total. The Morgan fingerprint density at radius 1 is 1.44 bits per heavy atom. The van der Waals surface area contributed by atoms with Crippen molar-refractivity contribution in [3.63, 3.8) is 0 Å². The van der Waals surface area contributed by atoms with Crippen LogP contribution in [0.15, 0.2) is 18.2 Å². The molecule has 2 aromatic rings. The number of hydrogen-bond acceptors (Lipinski definition) is 5. The Morgan fingerprint density at radius 2 is 2.28 bits per heavy atom. The highest BCUT2D eigenvalue weighted by atomic mass is 32.1. The molecule has 0 aliphatic rings. The first-order valence-corrected chi connectivity index (χ1v) is 6.84. The molecular formula is C13H18N2O2S. The van der Waals surface area contributed by atoms with Crippen LogP contribution in [0.1, 0.15) is 13.8 Å². The van der Waals surface area contributed by atoms with E-state index in [2.05, 4.69) is 10.3 Å². The number of methoxy groups -OCH3 is 1. The average molecular weight is 266 g/mol. The fourth-order valence-electron chi connectivity index (χ4n) is 1.68. The lowest BCUT2D eigenvalue weighted by Crippen LogP contribution is -2.19. The van der Waals surface area contributed by atoms with Crippen molar-refractivity contribution < 1.29 is 9.47 Å². The highest BCUT2D eigenvalue weighted by Gasteiger charge is 2.06. The van der Waals surface area contributed by atoms with Crippen LogP contribution in [0.4, 0.5) is 5.13 Å². The van der Waals surface area contributed by atoms with Gasteiger partial charge in [0.1, 0.15) is 5.75 Å². The first-order valence-electron chi connectivity index (χ1n) is 6.03. The Balaban J connectivity index is 2.05. The van der Waals surface area contributed by atoms with Crippen LogP contribution in [-0.4, -0.2) is 31.3 Å². The number of anilines is 1. The van der Waals surface area contributed by atoms with Crippen LogP contribution in [0, 0.1) is 0 Å². The van der Waals surface area contributed by atoms with Gasteiger partial charge in [-0.25, -0.2) is 4.98 Å². The number of fused-ring (bicyclic) bond motifs is 1. The second-order valence-corrected chi connectivity index (χ2v) is 5.03. The summed E-state index contributed by atoms with van der Waals surface area (Å²) in [6.45, 7) is 5.55. The van der Waals surface area contributed by atoms with E-state index in [1.54, 1.807) is 18.4 Å². The summed E-state index contributed by atoms with van der Waals surface area (Å²) in [6.07, 6.45) is 0.191. The minimum absolute atomic E-state index is 0.191. The van der Waals surface area contributed by atoms with Crippen molar-refractivity contribution in [2.24, 2.45) is 0 Å². The van der Waals surface area contributed by atoms with E-state index in [4.69, 9.17) is 9.47 Å². The Morgan fingerprint density at radius 3 is 3.00 bits per heavy atom. The number of nitrogens with one attached hydrogen (secondary N) is 1. The largest absolute Gasteiger partial charge is 0.497 e. The molecule has 1 unspecified atom stereocenters. The van der Waals surface area contributed by atoms with Crippen LogP contribution in [-0.2, 0) is 4.74 Å². The van der Waals surface area contributed by atoms with E-state index >= 15 is 0 Å². The molecule has 0 spiro atoms. The van der Waals surface area contributed by atoms with E-state index in [1.807, 2.05) is 32.0 Å². The molecular weight excluding hydrogens is 248 g/mol. The van der Waals surface area contributed by atoms with E-state index in [9.17, 15) is 0 Å². The van der Waals surface area contributed by atoms with Gasteiger partial charge in [0.05, 0.1) is 23.4 Å². The summed E-state index contributed by atoms with van der Waals surface area (Å²) in [5, 5.41) is 4.22. The summed E-state index contributed by atoms with van der Waals surface area (Å²) in [4.78, 5) is 4.52. The number of benzene rings is 1. The molecule has 2 rings (SSSR count). The van der Waals surface area contributed by atoms with Crippen molar-refractivity contribution in [2.75, 3.05) is 25.6 Å². The monoisotopic (exact) mass is 266 g/mol. The third kappa shape index (κ3) is 3.11. The normalized spacial score (nSPS) is 12.6. The van der Waals surface area contributed by atoms with E-state index < -0.39 is 0 Å². The van der Waals surface area contributed by atoms with Crippen LogP contribution in [0.3, 0.4) is 0 Å². The molecule has 4 nitrogen and oxygen atoms in total. The third-order valence-electron chi connectivity index (χ3n) is 2.59. The van der Waals surface area contributed by atoms with Gasteiger partial charge in [0, 0.05) is 13.2 Å². The van der Waals surface area contributed by atoms with Crippen molar-refractivity contribution in [3.8, 4) is 5.75 Å². The van der Waals surface area contributed by atoms with Crippen molar-refractivity contribution in [3.05, 3.63) is 18.2 Å². The summed E-state index contributed by atoms with van der Waals surface area (Å²) in [6, 6.07) is 5.90. The number of thiazole rings is 1. The molecule has 1 atom stereocenters. The van der Waals surface area contributed by atoms with Gasteiger partial charge in [-0.1, -0.05) is 11.3 Å². The average Bonchev–Trinajstić information content (AvgIpc) is 2.78. The van der Waals surface area contributed by atoms with Gasteiger partial charge in [0.15, 0.2) is 5.13 Å². The molecule has 1 aromatic carbocycles. The SMILES string of the molecule is CCOC(C)CNc1nc2ccc(OC)cc2s1. The lowest BCUT2D eigenvalue weighted by Gasteiger charge is -2.11. The van der Waals surface area contributed by atoms with Crippen molar-refractivity contribution in [1.29, 1.82) is 0 Å². The predicted molar refractivity (Wildman–Crippen MR) is 75.7 cm³/mol. The second kappa shape index (κ2) is 6.02. The van der Waals surface area contributed by atoms with Gasteiger partial charge in [-0.2, -0.15) is 0 Å². The second-order valence-electron chi connectivity index (χ2n) is 4.00. The van der Waals surface area contributed by atoms with E-state index in [0.717, 1.165) is 34.2 Å². The van der Waals surface area contributed by atoms with Gasteiger partial charge in [-0.3, -0.25) is 0 Å². The minimum atomic E-state index is 0.191. The van der Waals surface area contributed by atoms with Gasteiger partial charge in [0.25, 0.3) is 0 Å². The highest BCUT2D eigenvalue weighted by Crippen LogP contribution is 2.29. The van der Waals surface area contributed by atoms with Gasteiger partial charge in [0.2, 0.25) is 0 Å². The van der Waals surface area contributed by atoms with Crippen LogP contribution < -0.4 is 10.1 Å². The maximum atomic E-state index is 5.47. The van der Waals surface area contributed by atoms with Crippen molar-refractivity contribution in [2.45, 2.75) is 20.0 Å². The zero-order chi connectivity index (χ0) is 13.0. The Labute approximate surface area is 111 Å². The maximum Gasteiger partial charge on any atom is 0.183 e. The molecule has 0 radical (unpaired) electrons. The van der Waals surface area contributed by atoms with Gasteiger partial charge in [-0.05, 0) is 32.0 Å². The van der Waals surface area contributed by atoms with Crippen molar-refractivity contribution in [1.82, 2.24) is 4.98 Å². The standard InChI is InChI=1S/C13H18N2O2S/c1-4-17-9(2)8-14-13-15-11-6-5-10(16-3)7-12(11)18-13/h5-7,9H,4,8H2,1-3H3,(H,14,15). The van der Waals surface area contributed by atoms with Gasteiger partial charge >= 0.3 is 0 Å². The lowest BCUT2D eigenvalue weighted by atomic mass is 10.3. The predicted octanol–water partition coefficient (Wildman–Crippen LogP) is 3.14. The maximum absolute atomic E-state index is 5.47. The van der Waals surface area contributed by atoms with Gasteiger partial charge < -0.3 is 14.8 Å². The summed E-state index contributed by atoms with van der Waals surface area (Å²) < 4.78 is 11.8. The minimum Gasteiger partial charge on any atom is -0.497 e. The number of hydrogen-bond donors (Lipinski definition) is 1. The molecule has 1 aromatic heterocycles. The van der Waals surface area contributed by atoms with Crippen LogP contribution in [0.2, 0.25) is 0 Å². The molecule has 0 aliphatic heterocycles. The lowest BCUT2D eigenvalue weighted by molar-refractivity contribution is 0.0855. The molecule has 98 valence electrons. The summed E-state index contributed by atoms with van der Waals surface area (Å²) >= 11 is 1.63. The zero-order valence-electron chi connectivity index (χ0n) is 10.9. The van der Waals surface area contributed by atoms with E-state index in [-0.39, 0.29) is 6.10 Å². The summed E-state index contributed by atoms with van der Waals surface area (Å²) in [5.74, 6) is 0.861. The van der Waals surface area contributed by atoms with Gasteiger partial charge in [-0.15, -0.1) is 0 Å². The molecule has 0 saturated heterocycles. The summed E-state index contributed by atoms with van der Waals surface area (Å²) in [7, 11) is 1.67. The fraction of sp³-hybridized carbons (Fsp3) is 0.462. The Kier molecular flexibility index (Phi) is 4.38. The highest BCUT2D eigenvalue weighted by molar-refractivity contribution is 7.22. The summed E-state index contributed by atoms with van der Waals surface area (Å²) in [5.41, 5.74) is 0.993. The molecule has 0 saturated carbocycles. The quantitative estimate of drug-likeness (QED) is 0.872. The molecule has 0 fully saturated rings. The molecule has 18 heavy (non-hydrogen) atoms. The molecule has 1 heterocycles. The van der Waals surface area contributed by atoms with Crippen LogP contribution in [0.25, 0.3) is 10.2 Å². The van der Waals surface area contributed by atoms with Crippen molar-refractivity contribution >= 4 is 26.7 Å². The molecule has 0 aliphatic carbocycles. The zero-order valence-corrected chi connectivity index (χ0v) is 11.7. The van der Waals surface area contributed by atoms with E-state index in [1.165, 1.54) is 0 Å². The number of aromatic nitrogens is 1. The van der Waals surface area contributed by atoms with Crippen LogP contribution in [0.5, 0.6) is 5.75 Å². The number of ether oxygens (including phenoxy) is 2. The van der Waals surface area contributed by atoms with Crippen LogP contribution >= 0.6 is 11.3 Å². The Bertz CT molecular complexity index is 513. The first kappa shape index (κ1) is 13.1. The van der Waals surface area contributed by atoms with E-state index in [0.29, 0.717) is 0 Å².